The number of hydrogen-bond donors (Lipinski definition) is 0. The van der Waals surface area contributed by atoms with Crippen molar-refractivity contribution in [3.63, 3.8) is 0 Å². The zero-order valence-electron chi connectivity index (χ0n) is 17.4. The van der Waals surface area contributed by atoms with Gasteiger partial charge in [-0.15, -0.1) is 0 Å². The smallest absolute Gasteiger partial charge is 0.284 e. The minimum Gasteiger partial charge on any atom is -0.433 e. The van der Waals surface area contributed by atoms with Crippen LogP contribution in [0.25, 0.3) is 11.0 Å². The molecule has 3 aromatic rings. The number of unbranched alkanes of at least 4 members (excludes halogenated alkanes) is 7. The van der Waals surface area contributed by atoms with Crippen LogP contribution in [0, 0.1) is 6.92 Å². The fourth-order valence-corrected chi connectivity index (χ4v) is 4.34. The highest BCUT2D eigenvalue weighted by Gasteiger charge is 2.07. The Morgan fingerprint density at radius 1 is 0.862 bits per heavy atom. The first-order valence-corrected chi connectivity index (χ1v) is 11.8. The van der Waals surface area contributed by atoms with Gasteiger partial charge in [-0.3, -0.25) is 4.79 Å². The molecule has 0 aliphatic heterocycles. The van der Waals surface area contributed by atoms with E-state index in [2.05, 4.69) is 35.3 Å². The second-order valence-electron chi connectivity index (χ2n) is 7.70. The molecule has 2 aromatic carbocycles. The summed E-state index contributed by atoms with van der Waals surface area (Å²) >= 11 is 1.55. The molecule has 3 nitrogen and oxygen atoms in total. The molecule has 29 heavy (non-hydrogen) atoms. The van der Waals surface area contributed by atoms with Crippen molar-refractivity contribution in [3.05, 3.63) is 70.0 Å². The molecule has 0 N–H and O–H groups in total. The van der Waals surface area contributed by atoms with E-state index in [9.17, 15) is 4.79 Å². The Morgan fingerprint density at radius 2 is 1.55 bits per heavy atom. The number of aromatic nitrogens is 1. The predicted molar refractivity (Wildman–Crippen MR) is 123 cm³/mol. The molecular weight excluding hydrogens is 378 g/mol. The first kappa shape index (κ1) is 21.6. The van der Waals surface area contributed by atoms with Gasteiger partial charge >= 0.3 is 0 Å². The Kier molecular flexibility index (Phi) is 8.82. The van der Waals surface area contributed by atoms with Crippen molar-refractivity contribution in [2.75, 3.05) is 5.75 Å². The van der Waals surface area contributed by atoms with Crippen LogP contribution in [-0.2, 0) is 6.42 Å². The third-order valence-electron chi connectivity index (χ3n) is 5.18. The standard InChI is InChI=1S/C25H31NO2S/c1-20-16-17-23-22(19-20)24(27)26-25(28-23)29-18-12-7-5-3-2-4-6-9-13-21-14-10-8-11-15-21/h8,10-11,14-17,19H,2-7,9,12-13,18H2,1H3. The van der Waals surface area contributed by atoms with Gasteiger partial charge in [0.1, 0.15) is 5.58 Å². The number of aryl methyl sites for hydroxylation is 2. The number of hydrogen-bond acceptors (Lipinski definition) is 4. The summed E-state index contributed by atoms with van der Waals surface area (Å²) in [5.41, 5.74) is 2.94. The lowest BCUT2D eigenvalue weighted by Gasteiger charge is -2.04. The van der Waals surface area contributed by atoms with Crippen LogP contribution in [0.4, 0.5) is 0 Å². The van der Waals surface area contributed by atoms with E-state index in [1.54, 1.807) is 11.8 Å². The van der Waals surface area contributed by atoms with Gasteiger partial charge in [0.25, 0.3) is 10.8 Å². The average Bonchev–Trinajstić information content (AvgIpc) is 2.73. The highest BCUT2D eigenvalue weighted by molar-refractivity contribution is 7.99. The lowest BCUT2D eigenvalue weighted by molar-refractivity contribution is 0.460. The molecule has 4 heteroatoms. The highest BCUT2D eigenvalue weighted by atomic mass is 32.2. The fraction of sp³-hybridized carbons (Fsp3) is 0.440. The van der Waals surface area contributed by atoms with Crippen LogP contribution in [0.2, 0.25) is 0 Å². The van der Waals surface area contributed by atoms with Crippen LogP contribution >= 0.6 is 11.8 Å². The quantitative estimate of drug-likeness (QED) is 0.240. The molecular formula is C25H31NO2S. The van der Waals surface area contributed by atoms with Gasteiger partial charge in [0, 0.05) is 5.75 Å². The second-order valence-corrected chi connectivity index (χ2v) is 8.74. The Hall–Kier alpha value is -2.07. The maximum atomic E-state index is 12.1. The van der Waals surface area contributed by atoms with Gasteiger partial charge in [0.15, 0.2) is 0 Å². The maximum Gasteiger partial charge on any atom is 0.284 e. The maximum absolute atomic E-state index is 12.1. The highest BCUT2D eigenvalue weighted by Crippen LogP contribution is 2.21. The lowest BCUT2D eigenvalue weighted by atomic mass is 10.0. The van der Waals surface area contributed by atoms with E-state index >= 15 is 0 Å². The summed E-state index contributed by atoms with van der Waals surface area (Å²) in [6, 6.07) is 16.4. The average molecular weight is 410 g/mol. The van der Waals surface area contributed by atoms with Gasteiger partial charge in [-0.1, -0.05) is 92.2 Å². The summed E-state index contributed by atoms with van der Waals surface area (Å²) in [6.07, 6.45) is 11.5. The topological polar surface area (TPSA) is 43.1 Å². The lowest BCUT2D eigenvalue weighted by Crippen LogP contribution is -2.07. The first-order valence-electron chi connectivity index (χ1n) is 10.8. The van der Waals surface area contributed by atoms with Gasteiger partial charge in [0.05, 0.1) is 5.39 Å². The van der Waals surface area contributed by atoms with E-state index in [4.69, 9.17) is 4.42 Å². The van der Waals surface area contributed by atoms with Crippen molar-refractivity contribution >= 4 is 22.7 Å². The molecule has 0 aliphatic rings. The normalized spacial score (nSPS) is 11.2. The van der Waals surface area contributed by atoms with Gasteiger partial charge in [-0.05, 0) is 43.9 Å². The number of benzene rings is 2. The largest absolute Gasteiger partial charge is 0.433 e. The zero-order chi connectivity index (χ0) is 20.3. The molecule has 0 bridgehead atoms. The fourth-order valence-electron chi connectivity index (χ4n) is 3.52. The predicted octanol–water partition coefficient (Wildman–Crippen LogP) is 6.95. The van der Waals surface area contributed by atoms with Crippen molar-refractivity contribution in [3.8, 4) is 0 Å². The van der Waals surface area contributed by atoms with Crippen LogP contribution in [0.5, 0.6) is 0 Å². The molecule has 1 heterocycles. The van der Waals surface area contributed by atoms with Crippen molar-refractivity contribution < 1.29 is 4.42 Å². The Labute approximate surface area is 177 Å². The SMILES string of the molecule is Cc1ccc2oc(SCCCCCCCCCCc3ccccc3)nc(=O)c2c1. The molecule has 0 atom stereocenters. The van der Waals surface area contributed by atoms with E-state index in [-0.39, 0.29) is 5.56 Å². The van der Waals surface area contributed by atoms with Crippen LogP contribution in [0.1, 0.15) is 62.5 Å². The summed E-state index contributed by atoms with van der Waals surface area (Å²) in [5, 5.41) is 1.06. The number of nitrogens with zero attached hydrogens (tertiary/aromatic N) is 1. The third kappa shape index (κ3) is 7.36. The molecule has 1 aromatic heterocycles. The van der Waals surface area contributed by atoms with E-state index in [1.807, 2.05) is 25.1 Å². The Bertz CT molecular complexity index is 936. The first-order chi connectivity index (χ1) is 14.2. The van der Waals surface area contributed by atoms with Crippen molar-refractivity contribution in [2.45, 2.75) is 69.9 Å². The van der Waals surface area contributed by atoms with Crippen LogP contribution in [0.15, 0.2) is 63.0 Å². The molecule has 154 valence electrons. The molecule has 0 saturated heterocycles. The molecule has 0 saturated carbocycles. The summed E-state index contributed by atoms with van der Waals surface area (Å²) in [7, 11) is 0. The minimum absolute atomic E-state index is 0.190. The molecule has 0 spiro atoms. The number of fused-ring (bicyclic) bond motifs is 1. The van der Waals surface area contributed by atoms with E-state index in [0.29, 0.717) is 16.2 Å². The van der Waals surface area contributed by atoms with Gasteiger partial charge in [-0.25, -0.2) is 0 Å². The molecule has 0 amide bonds. The third-order valence-corrected chi connectivity index (χ3v) is 6.10. The monoisotopic (exact) mass is 409 g/mol. The Morgan fingerprint density at radius 3 is 2.31 bits per heavy atom. The minimum atomic E-state index is -0.190. The van der Waals surface area contributed by atoms with Crippen LogP contribution < -0.4 is 5.56 Å². The second kappa shape index (κ2) is 11.8. The van der Waals surface area contributed by atoms with E-state index in [0.717, 1.165) is 17.7 Å². The van der Waals surface area contributed by atoms with Crippen LogP contribution in [-0.4, -0.2) is 10.7 Å². The molecule has 3 rings (SSSR count). The molecule has 0 radical (unpaired) electrons. The summed E-state index contributed by atoms with van der Waals surface area (Å²) in [4.78, 5) is 16.2. The van der Waals surface area contributed by atoms with Gasteiger partial charge in [-0.2, -0.15) is 4.98 Å². The molecule has 0 fully saturated rings. The van der Waals surface area contributed by atoms with E-state index < -0.39 is 0 Å². The van der Waals surface area contributed by atoms with Gasteiger partial charge < -0.3 is 4.42 Å². The van der Waals surface area contributed by atoms with Crippen LogP contribution in [0.3, 0.4) is 0 Å². The molecule has 0 aliphatic carbocycles. The van der Waals surface area contributed by atoms with Crippen molar-refractivity contribution in [2.24, 2.45) is 0 Å². The molecule has 0 unspecified atom stereocenters. The van der Waals surface area contributed by atoms with E-state index in [1.165, 1.54) is 56.9 Å². The number of thioether (sulfide) groups is 1. The van der Waals surface area contributed by atoms with Gasteiger partial charge in [0.2, 0.25) is 0 Å². The summed E-state index contributed by atoms with van der Waals surface area (Å²) < 4.78 is 5.76. The zero-order valence-corrected chi connectivity index (χ0v) is 18.2. The summed E-state index contributed by atoms with van der Waals surface area (Å²) in [6.45, 7) is 1.96. The summed E-state index contributed by atoms with van der Waals surface area (Å²) in [5.74, 6) is 0.949. The Balaban J connectivity index is 1.23. The van der Waals surface area contributed by atoms with Crippen molar-refractivity contribution in [1.29, 1.82) is 0 Å². The number of rotatable bonds is 12. The van der Waals surface area contributed by atoms with Crippen molar-refractivity contribution in [1.82, 2.24) is 4.98 Å².